The SMILES string of the molecule is CNCCn1ncc(N(C)C)cc1=O. The van der Waals surface area contributed by atoms with Gasteiger partial charge in [-0.15, -0.1) is 0 Å². The van der Waals surface area contributed by atoms with Gasteiger partial charge in [-0.1, -0.05) is 0 Å². The predicted molar refractivity (Wildman–Crippen MR) is 56.8 cm³/mol. The molecular weight excluding hydrogens is 180 g/mol. The van der Waals surface area contributed by atoms with E-state index in [0.29, 0.717) is 6.54 Å². The van der Waals surface area contributed by atoms with Crippen LogP contribution in [-0.2, 0) is 6.54 Å². The molecule has 1 heterocycles. The number of hydrogen-bond acceptors (Lipinski definition) is 4. The summed E-state index contributed by atoms with van der Waals surface area (Å²) >= 11 is 0. The molecule has 78 valence electrons. The standard InChI is InChI=1S/C9H16N4O/c1-10-4-5-13-9(14)6-8(7-11-13)12(2)3/h6-7,10H,4-5H2,1-3H3. The largest absolute Gasteiger partial charge is 0.376 e. The van der Waals surface area contributed by atoms with Gasteiger partial charge in [0.15, 0.2) is 0 Å². The van der Waals surface area contributed by atoms with Crippen LogP contribution in [0.2, 0.25) is 0 Å². The Hall–Kier alpha value is -1.36. The van der Waals surface area contributed by atoms with Crippen molar-refractivity contribution >= 4 is 5.69 Å². The van der Waals surface area contributed by atoms with Crippen molar-refractivity contribution in [3.63, 3.8) is 0 Å². The Kier molecular flexibility index (Phi) is 3.64. The zero-order valence-corrected chi connectivity index (χ0v) is 8.82. The van der Waals surface area contributed by atoms with Gasteiger partial charge in [0, 0.05) is 26.7 Å². The summed E-state index contributed by atoms with van der Waals surface area (Å²) in [4.78, 5) is 13.4. The molecule has 0 radical (unpaired) electrons. The minimum absolute atomic E-state index is 0.0635. The number of rotatable bonds is 4. The molecular formula is C9H16N4O. The van der Waals surface area contributed by atoms with Gasteiger partial charge in [0.2, 0.25) is 0 Å². The lowest BCUT2D eigenvalue weighted by Gasteiger charge is -2.12. The topological polar surface area (TPSA) is 50.2 Å². The smallest absolute Gasteiger partial charge is 0.268 e. The van der Waals surface area contributed by atoms with Crippen LogP contribution in [0.1, 0.15) is 0 Å². The zero-order chi connectivity index (χ0) is 10.6. The van der Waals surface area contributed by atoms with Crippen LogP contribution in [0.4, 0.5) is 5.69 Å². The number of hydrogen-bond donors (Lipinski definition) is 1. The van der Waals surface area contributed by atoms with Gasteiger partial charge in [0.05, 0.1) is 18.4 Å². The van der Waals surface area contributed by atoms with Crippen molar-refractivity contribution in [1.82, 2.24) is 15.1 Å². The van der Waals surface area contributed by atoms with E-state index in [9.17, 15) is 4.79 Å². The molecule has 0 aliphatic heterocycles. The molecule has 0 bridgehead atoms. The zero-order valence-electron chi connectivity index (χ0n) is 8.82. The van der Waals surface area contributed by atoms with Crippen molar-refractivity contribution in [2.24, 2.45) is 0 Å². The van der Waals surface area contributed by atoms with Gasteiger partial charge in [-0.05, 0) is 7.05 Å². The lowest BCUT2D eigenvalue weighted by molar-refractivity contribution is 0.555. The fourth-order valence-corrected chi connectivity index (χ4v) is 1.05. The molecule has 0 aliphatic rings. The maximum absolute atomic E-state index is 11.5. The van der Waals surface area contributed by atoms with Crippen molar-refractivity contribution in [2.75, 3.05) is 32.6 Å². The van der Waals surface area contributed by atoms with Gasteiger partial charge in [-0.3, -0.25) is 4.79 Å². The first-order valence-corrected chi connectivity index (χ1v) is 4.54. The first kappa shape index (κ1) is 10.7. The highest BCUT2D eigenvalue weighted by molar-refractivity contribution is 5.40. The molecule has 0 aromatic carbocycles. The molecule has 0 atom stereocenters. The molecule has 0 unspecified atom stereocenters. The van der Waals surface area contributed by atoms with Crippen molar-refractivity contribution in [1.29, 1.82) is 0 Å². The highest BCUT2D eigenvalue weighted by Gasteiger charge is 2.00. The van der Waals surface area contributed by atoms with Gasteiger partial charge in [0.1, 0.15) is 0 Å². The van der Waals surface area contributed by atoms with E-state index in [1.807, 2.05) is 26.0 Å². The first-order chi connectivity index (χ1) is 6.65. The minimum Gasteiger partial charge on any atom is -0.376 e. The molecule has 1 rings (SSSR count). The van der Waals surface area contributed by atoms with Crippen LogP contribution >= 0.6 is 0 Å². The van der Waals surface area contributed by atoms with Crippen LogP contribution in [0.25, 0.3) is 0 Å². The number of nitrogens with zero attached hydrogens (tertiary/aromatic N) is 3. The van der Waals surface area contributed by atoms with E-state index >= 15 is 0 Å². The van der Waals surface area contributed by atoms with Crippen LogP contribution < -0.4 is 15.8 Å². The summed E-state index contributed by atoms with van der Waals surface area (Å²) in [6.07, 6.45) is 1.69. The number of aromatic nitrogens is 2. The second-order valence-corrected chi connectivity index (χ2v) is 3.27. The van der Waals surface area contributed by atoms with Crippen LogP contribution in [0.3, 0.4) is 0 Å². The average Bonchev–Trinajstić information content (AvgIpc) is 2.15. The summed E-state index contributed by atoms with van der Waals surface area (Å²) in [7, 11) is 5.61. The summed E-state index contributed by atoms with van der Waals surface area (Å²) in [5.74, 6) is 0. The third-order valence-corrected chi connectivity index (χ3v) is 1.95. The second kappa shape index (κ2) is 4.76. The molecule has 0 amide bonds. The Morgan fingerprint density at radius 1 is 1.57 bits per heavy atom. The summed E-state index contributed by atoms with van der Waals surface area (Å²) in [6, 6.07) is 1.59. The summed E-state index contributed by atoms with van der Waals surface area (Å²) in [5.41, 5.74) is 0.766. The average molecular weight is 196 g/mol. The van der Waals surface area contributed by atoms with Crippen LogP contribution in [-0.4, -0.2) is 37.5 Å². The molecule has 0 aliphatic carbocycles. The molecule has 5 heteroatoms. The number of likely N-dealkylation sites (N-methyl/N-ethyl adjacent to an activating group) is 1. The van der Waals surface area contributed by atoms with Gasteiger partial charge in [-0.25, -0.2) is 4.68 Å². The number of nitrogens with one attached hydrogen (secondary N) is 1. The van der Waals surface area contributed by atoms with Gasteiger partial charge < -0.3 is 10.2 Å². The third kappa shape index (κ3) is 2.56. The molecule has 14 heavy (non-hydrogen) atoms. The highest BCUT2D eigenvalue weighted by Crippen LogP contribution is 2.02. The fourth-order valence-electron chi connectivity index (χ4n) is 1.05. The molecule has 5 nitrogen and oxygen atoms in total. The molecule has 1 aromatic heterocycles. The van der Waals surface area contributed by atoms with Gasteiger partial charge >= 0.3 is 0 Å². The highest BCUT2D eigenvalue weighted by atomic mass is 16.1. The summed E-state index contributed by atoms with van der Waals surface area (Å²) in [5, 5.41) is 7.03. The maximum Gasteiger partial charge on any atom is 0.268 e. The Labute approximate surface area is 83.3 Å². The van der Waals surface area contributed by atoms with E-state index in [2.05, 4.69) is 10.4 Å². The Morgan fingerprint density at radius 3 is 2.79 bits per heavy atom. The van der Waals surface area contributed by atoms with E-state index in [-0.39, 0.29) is 5.56 Å². The maximum atomic E-state index is 11.5. The quantitative estimate of drug-likeness (QED) is 0.707. The molecule has 0 spiro atoms. The molecule has 1 aromatic rings. The van der Waals surface area contributed by atoms with Gasteiger partial charge in [-0.2, -0.15) is 5.10 Å². The molecule has 0 saturated heterocycles. The van der Waals surface area contributed by atoms with Crippen molar-refractivity contribution in [3.8, 4) is 0 Å². The van der Waals surface area contributed by atoms with Crippen molar-refractivity contribution in [2.45, 2.75) is 6.54 Å². The third-order valence-electron chi connectivity index (χ3n) is 1.95. The van der Waals surface area contributed by atoms with Gasteiger partial charge in [0.25, 0.3) is 5.56 Å². The van der Waals surface area contributed by atoms with Crippen LogP contribution in [0.5, 0.6) is 0 Å². The molecule has 0 saturated carbocycles. The summed E-state index contributed by atoms with van der Waals surface area (Å²) in [6.45, 7) is 1.34. The Balaban J connectivity index is 2.85. The van der Waals surface area contributed by atoms with Crippen LogP contribution in [0, 0.1) is 0 Å². The van der Waals surface area contributed by atoms with E-state index < -0.39 is 0 Å². The first-order valence-electron chi connectivity index (χ1n) is 4.54. The normalized spacial score (nSPS) is 10.2. The van der Waals surface area contributed by atoms with E-state index in [1.165, 1.54) is 4.68 Å². The van der Waals surface area contributed by atoms with Crippen molar-refractivity contribution < 1.29 is 0 Å². The van der Waals surface area contributed by atoms with Crippen LogP contribution in [0.15, 0.2) is 17.1 Å². The minimum atomic E-state index is -0.0635. The van der Waals surface area contributed by atoms with E-state index in [4.69, 9.17) is 0 Å². The summed E-state index contributed by atoms with van der Waals surface area (Å²) < 4.78 is 1.45. The lowest BCUT2D eigenvalue weighted by atomic mass is 10.4. The van der Waals surface area contributed by atoms with Crippen molar-refractivity contribution in [3.05, 3.63) is 22.6 Å². The Morgan fingerprint density at radius 2 is 2.29 bits per heavy atom. The molecule has 0 fully saturated rings. The Bertz CT molecular complexity index is 345. The van der Waals surface area contributed by atoms with E-state index in [1.54, 1.807) is 12.3 Å². The monoisotopic (exact) mass is 196 g/mol. The lowest BCUT2D eigenvalue weighted by Crippen LogP contribution is -2.28. The molecule has 1 N–H and O–H groups in total. The van der Waals surface area contributed by atoms with E-state index in [0.717, 1.165) is 12.2 Å². The second-order valence-electron chi connectivity index (χ2n) is 3.27. The number of anilines is 1. The fraction of sp³-hybridized carbons (Fsp3) is 0.556. The predicted octanol–water partition coefficient (Wildman–Crippen LogP) is -0.471.